The summed E-state index contributed by atoms with van der Waals surface area (Å²) in [5, 5.41) is 0. The fraction of sp³-hybridized carbons (Fsp3) is 0. The summed E-state index contributed by atoms with van der Waals surface area (Å²) in [5.74, 6) is 0. The van der Waals surface area contributed by atoms with Crippen LogP contribution in [-0.2, 0) is 0 Å². The zero-order valence-corrected chi connectivity index (χ0v) is 18.8. The molecule has 0 spiro atoms. The van der Waals surface area contributed by atoms with Crippen LogP contribution in [0.2, 0.25) is 0 Å². The van der Waals surface area contributed by atoms with Crippen LogP contribution >= 0.6 is 99.3 Å². The van der Waals surface area contributed by atoms with E-state index < -0.39 is 0 Å². The SMILES string of the molecule is Cl.Cl.Cl.Cl.Cl.Cl.Cl.Cl.[H-].[H-].[H-].[Na+].[Na+].[Na+]. The van der Waals surface area contributed by atoms with E-state index in [1.807, 2.05) is 0 Å². The molecule has 0 saturated heterocycles. The molecule has 0 aliphatic rings. The number of rotatable bonds is 0. The van der Waals surface area contributed by atoms with Crippen LogP contribution in [0.25, 0.3) is 0 Å². The van der Waals surface area contributed by atoms with Gasteiger partial charge < -0.3 is 4.28 Å². The average molecular weight is 364 g/mol. The summed E-state index contributed by atoms with van der Waals surface area (Å²) in [6.45, 7) is 0. The third-order valence-electron chi connectivity index (χ3n) is 0. The Morgan fingerprint density at radius 2 is 0.273 bits per heavy atom. The molecule has 0 aliphatic heterocycles. The first kappa shape index (κ1) is 135. The Kier molecular flexibility index (Phi) is 1370. The molecule has 0 rings (SSSR count). The number of halogens is 8. The van der Waals surface area contributed by atoms with Gasteiger partial charge in [-0.25, -0.2) is 0 Å². The molecule has 0 amide bonds. The summed E-state index contributed by atoms with van der Waals surface area (Å²) in [6, 6.07) is 0. The Hall–Kier alpha value is 5.32. The van der Waals surface area contributed by atoms with E-state index in [2.05, 4.69) is 0 Å². The zero-order chi connectivity index (χ0) is 0. The molecule has 0 aliphatic carbocycles. The quantitative estimate of drug-likeness (QED) is 0.377. The molecule has 0 aromatic heterocycles. The van der Waals surface area contributed by atoms with Gasteiger partial charge in [0.2, 0.25) is 0 Å². The molecule has 0 aromatic rings. The minimum atomic E-state index is 0. The van der Waals surface area contributed by atoms with Crippen molar-refractivity contribution in [3.05, 3.63) is 0 Å². The van der Waals surface area contributed by atoms with E-state index in [4.69, 9.17) is 0 Å². The van der Waals surface area contributed by atoms with Crippen LogP contribution in [0.5, 0.6) is 0 Å². The summed E-state index contributed by atoms with van der Waals surface area (Å²) in [5.41, 5.74) is 0. The first-order valence-electron chi connectivity index (χ1n) is 0. The van der Waals surface area contributed by atoms with Crippen molar-refractivity contribution in [1.29, 1.82) is 0 Å². The van der Waals surface area contributed by atoms with Crippen LogP contribution in [0.15, 0.2) is 0 Å². The largest absolute Gasteiger partial charge is 1.00 e. The molecule has 0 bridgehead atoms. The minimum absolute atomic E-state index is 0. The van der Waals surface area contributed by atoms with Crippen LogP contribution in [-0.4, -0.2) is 0 Å². The summed E-state index contributed by atoms with van der Waals surface area (Å²) in [7, 11) is 0. The third kappa shape index (κ3) is 96.0. The maximum absolute atomic E-state index is 0. The summed E-state index contributed by atoms with van der Waals surface area (Å²) >= 11 is 0. The van der Waals surface area contributed by atoms with E-state index >= 15 is 0 Å². The summed E-state index contributed by atoms with van der Waals surface area (Å²) in [6.07, 6.45) is 0. The van der Waals surface area contributed by atoms with Crippen LogP contribution in [0.1, 0.15) is 4.28 Å². The standard InChI is InChI=1S/8ClH.3Na.3H/h8*1H;;;;;;/q;;;;;;;;3*+1;3*-1. The average Bonchev–Trinajstić information content (AvgIpc) is 0. The molecule has 0 atom stereocenters. The van der Waals surface area contributed by atoms with Gasteiger partial charge in [-0.15, -0.1) is 99.3 Å². The third-order valence-corrected chi connectivity index (χ3v) is 0. The first-order valence-corrected chi connectivity index (χ1v) is 0. The molecular formula is H11Cl8Na3. The predicted octanol–water partition coefficient (Wildman–Crippen LogP) is -5.28. The molecule has 11 heavy (non-hydrogen) atoms. The van der Waals surface area contributed by atoms with Gasteiger partial charge in [-0.2, -0.15) is 0 Å². The van der Waals surface area contributed by atoms with Crippen LogP contribution in [0, 0.1) is 0 Å². The number of hydrogen-bond acceptors (Lipinski definition) is 0. The van der Waals surface area contributed by atoms with Gasteiger partial charge >= 0.3 is 88.7 Å². The van der Waals surface area contributed by atoms with Gasteiger partial charge in [-0.3, -0.25) is 0 Å². The summed E-state index contributed by atoms with van der Waals surface area (Å²) in [4.78, 5) is 0. The molecule has 0 fully saturated rings. The Bertz CT molecular complexity index is 19.8. The van der Waals surface area contributed by atoms with Gasteiger partial charge in [-0.1, -0.05) is 0 Å². The Morgan fingerprint density at radius 1 is 0.273 bits per heavy atom. The van der Waals surface area contributed by atoms with Gasteiger partial charge in [0, 0.05) is 0 Å². The normalized spacial score (nSPS) is 0. The van der Waals surface area contributed by atoms with Crippen molar-refractivity contribution >= 4 is 99.3 Å². The van der Waals surface area contributed by atoms with Crippen molar-refractivity contribution < 1.29 is 93.0 Å². The monoisotopic (exact) mass is 360 g/mol. The molecule has 0 saturated carbocycles. The maximum atomic E-state index is 0. The topological polar surface area (TPSA) is 0 Å². The molecule has 0 aromatic carbocycles. The van der Waals surface area contributed by atoms with Gasteiger partial charge in [0.05, 0.1) is 0 Å². The van der Waals surface area contributed by atoms with Crippen molar-refractivity contribution in [3.63, 3.8) is 0 Å². The summed E-state index contributed by atoms with van der Waals surface area (Å²) < 4.78 is 0. The molecule has 11 heteroatoms. The first-order chi connectivity index (χ1) is 0. The Morgan fingerprint density at radius 3 is 0.273 bits per heavy atom. The van der Waals surface area contributed by atoms with Crippen LogP contribution < -0.4 is 88.7 Å². The van der Waals surface area contributed by atoms with Gasteiger partial charge in [0.1, 0.15) is 0 Å². The van der Waals surface area contributed by atoms with Gasteiger partial charge in [0.25, 0.3) is 0 Å². The molecule has 0 heterocycles. The minimum Gasteiger partial charge on any atom is -1.00 e. The van der Waals surface area contributed by atoms with Crippen molar-refractivity contribution in [1.82, 2.24) is 0 Å². The Labute approximate surface area is 188 Å². The van der Waals surface area contributed by atoms with Crippen molar-refractivity contribution in [2.24, 2.45) is 0 Å². The molecule has 0 unspecified atom stereocenters. The van der Waals surface area contributed by atoms with Gasteiger partial charge in [0.15, 0.2) is 0 Å². The van der Waals surface area contributed by atoms with Crippen molar-refractivity contribution in [3.8, 4) is 0 Å². The van der Waals surface area contributed by atoms with E-state index in [1.165, 1.54) is 0 Å². The van der Waals surface area contributed by atoms with Crippen LogP contribution in [0.3, 0.4) is 0 Å². The second-order valence-electron chi connectivity index (χ2n) is 0. The van der Waals surface area contributed by atoms with Gasteiger partial charge in [-0.05, 0) is 0 Å². The van der Waals surface area contributed by atoms with E-state index in [1.54, 1.807) is 0 Å². The van der Waals surface area contributed by atoms with E-state index in [-0.39, 0.29) is 192 Å². The van der Waals surface area contributed by atoms with Crippen molar-refractivity contribution in [2.45, 2.75) is 0 Å². The molecule has 0 N–H and O–H groups in total. The zero-order valence-electron chi connectivity index (χ0n) is 9.27. The predicted molar refractivity (Wildman–Crippen MR) is 61.3 cm³/mol. The molecular weight excluding hydrogens is 353 g/mol. The van der Waals surface area contributed by atoms with Crippen molar-refractivity contribution in [2.75, 3.05) is 0 Å². The van der Waals surface area contributed by atoms with Crippen LogP contribution in [0.4, 0.5) is 0 Å². The Balaban J connectivity index is 0. The molecule has 0 nitrogen and oxygen atoms in total. The molecule has 70 valence electrons. The van der Waals surface area contributed by atoms with E-state index in [0.717, 1.165) is 0 Å². The second-order valence-corrected chi connectivity index (χ2v) is 0. The second kappa shape index (κ2) is 111. The van der Waals surface area contributed by atoms with E-state index in [9.17, 15) is 0 Å². The smallest absolute Gasteiger partial charge is 1.00 e. The fourth-order valence-corrected chi connectivity index (χ4v) is 0. The molecule has 0 radical (unpaired) electrons. The maximum Gasteiger partial charge on any atom is 1.00 e. The number of hydrogen-bond donors (Lipinski definition) is 0. The van der Waals surface area contributed by atoms with E-state index in [0.29, 0.717) is 0 Å². The fourth-order valence-electron chi connectivity index (χ4n) is 0.